The Morgan fingerprint density at radius 3 is 2.53 bits per heavy atom. The van der Waals surface area contributed by atoms with Crippen molar-refractivity contribution in [2.24, 2.45) is 17.8 Å². The molecule has 15 heavy (non-hydrogen) atoms. The maximum Gasteiger partial charge on any atom is 0.334 e. The number of carboxylic acids is 1. The highest BCUT2D eigenvalue weighted by Gasteiger charge is 2.48. The molecule has 0 aromatic rings. The number of hydrogen-bond donors (Lipinski definition) is 1. The fraction of sp³-hybridized carbons (Fsp3) is 0.636. The standard InChI is InChI=1S/C11H14O4/c1-5-3-6-4-7(5)9(11(14)15-2)8(6)10(12)13/h5-7H,3-4H2,1-2H3,(H,12,13). The van der Waals surface area contributed by atoms with Gasteiger partial charge in [0.2, 0.25) is 0 Å². The quantitative estimate of drug-likeness (QED) is 0.696. The van der Waals surface area contributed by atoms with Gasteiger partial charge in [-0.2, -0.15) is 0 Å². The second-order valence-electron chi connectivity index (χ2n) is 4.38. The van der Waals surface area contributed by atoms with E-state index < -0.39 is 11.9 Å². The molecule has 2 aliphatic carbocycles. The van der Waals surface area contributed by atoms with Gasteiger partial charge in [-0.05, 0) is 30.6 Å². The number of ether oxygens (including phenoxy) is 1. The largest absolute Gasteiger partial charge is 0.478 e. The van der Waals surface area contributed by atoms with Crippen molar-refractivity contribution in [2.75, 3.05) is 7.11 Å². The van der Waals surface area contributed by atoms with Gasteiger partial charge in [0.05, 0.1) is 18.3 Å². The summed E-state index contributed by atoms with van der Waals surface area (Å²) in [6.45, 7) is 2.06. The highest BCUT2D eigenvalue weighted by molar-refractivity contribution is 6.01. The SMILES string of the molecule is COC(=O)C1=C(C(=O)O)C2CC(C)C1C2. The fourth-order valence-electron chi connectivity index (χ4n) is 2.97. The van der Waals surface area contributed by atoms with Gasteiger partial charge in [-0.1, -0.05) is 6.92 Å². The summed E-state index contributed by atoms with van der Waals surface area (Å²) in [5, 5.41) is 9.07. The molecule has 1 fully saturated rings. The van der Waals surface area contributed by atoms with E-state index in [2.05, 4.69) is 11.7 Å². The number of aliphatic carboxylic acids is 1. The molecule has 82 valence electrons. The van der Waals surface area contributed by atoms with Gasteiger partial charge in [0, 0.05) is 0 Å². The lowest BCUT2D eigenvalue weighted by molar-refractivity contribution is -0.138. The number of carbonyl (C=O) groups excluding carboxylic acids is 1. The highest BCUT2D eigenvalue weighted by atomic mass is 16.5. The number of carboxylic acid groups (broad SMARTS) is 1. The van der Waals surface area contributed by atoms with Crippen molar-refractivity contribution in [1.29, 1.82) is 0 Å². The molecule has 0 radical (unpaired) electrons. The van der Waals surface area contributed by atoms with Crippen molar-refractivity contribution in [1.82, 2.24) is 0 Å². The highest BCUT2D eigenvalue weighted by Crippen LogP contribution is 2.51. The number of methoxy groups -OCH3 is 1. The minimum absolute atomic E-state index is 0.0524. The number of hydrogen-bond acceptors (Lipinski definition) is 3. The summed E-state index contributed by atoms with van der Waals surface area (Å²) < 4.78 is 4.66. The Labute approximate surface area is 87.9 Å². The third-order valence-electron chi connectivity index (χ3n) is 3.59. The Bertz CT molecular complexity index is 356. The molecular formula is C11H14O4. The predicted molar refractivity (Wildman–Crippen MR) is 52.1 cm³/mol. The first kappa shape index (κ1) is 10.2. The molecule has 0 aromatic carbocycles. The predicted octanol–water partition coefficient (Wildman–Crippen LogP) is 1.22. The summed E-state index contributed by atoms with van der Waals surface area (Å²) in [6, 6.07) is 0. The van der Waals surface area contributed by atoms with Crippen LogP contribution in [0.3, 0.4) is 0 Å². The van der Waals surface area contributed by atoms with Gasteiger partial charge in [-0.15, -0.1) is 0 Å². The zero-order chi connectivity index (χ0) is 11.2. The van der Waals surface area contributed by atoms with Crippen LogP contribution in [0.5, 0.6) is 0 Å². The summed E-state index contributed by atoms with van der Waals surface area (Å²) in [5.74, 6) is -0.890. The third kappa shape index (κ3) is 1.35. The van der Waals surface area contributed by atoms with Crippen molar-refractivity contribution in [3.63, 3.8) is 0 Å². The molecule has 1 N–H and O–H groups in total. The van der Waals surface area contributed by atoms with E-state index in [1.54, 1.807) is 0 Å². The number of fused-ring (bicyclic) bond motifs is 2. The van der Waals surface area contributed by atoms with Gasteiger partial charge in [-0.3, -0.25) is 0 Å². The average Bonchev–Trinajstić information content (AvgIpc) is 2.71. The summed E-state index contributed by atoms with van der Waals surface area (Å²) in [6.07, 6.45) is 1.68. The monoisotopic (exact) mass is 210 g/mol. The second kappa shape index (κ2) is 3.36. The molecular weight excluding hydrogens is 196 g/mol. The molecule has 0 spiro atoms. The van der Waals surface area contributed by atoms with E-state index in [0.29, 0.717) is 17.1 Å². The fourth-order valence-corrected chi connectivity index (χ4v) is 2.97. The van der Waals surface area contributed by atoms with E-state index in [-0.39, 0.29) is 11.8 Å². The molecule has 2 bridgehead atoms. The van der Waals surface area contributed by atoms with Crippen LogP contribution in [0.25, 0.3) is 0 Å². The van der Waals surface area contributed by atoms with Crippen molar-refractivity contribution >= 4 is 11.9 Å². The van der Waals surface area contributed by atoms with Gasteiger partial charge < -0.3 is 9.84 Å². The van der Waals surface area contributed by atoms with E-state index in [1.807, 2.05) is 0 Å². The lowest BCUT2D eigenvalue weighted by Gasteiger charge is -2.20. The number of esters is 1. The van der Waals surface area contributed by atoms with Crippen LogP contribution in [-0.4, -0.2) is 24.2 Å². The van der Waals surface area contributed by atoms with Crippen molar-refractivity contribution in [3.8, 4) is 0 Å². The van der Waals surface area contributed by atoms with E-state index in [1.165, 1.54) is 7.11 Å². The molecule has 3 atom stereocenters. The molecule has 4 nitrogen and oxygen atoms in total. The first-order chi connectivity index (χ1) is 7.06. The summed E-state index contributed by atoms with van der Waals surface area (Å²) >= 11 is 0. The van der Waals surface area contributed by atoms with Crippen molar-refractivity contribution in [3.05, 3.63) is 11.1 Å². The molecule has 0 heterocycles. The molecule has 0 aliphatic heterocycles. The van der Waals surface area contributed by atoms with Gasteiger partial charge in [0.15, 0.2) is 0 Å². The Balaban J connectivity index is 2.44. The lowest BCUT2D eigenvalue weighted by atomic mass is 9.84. The third-order valence-corrected chi connectivity index (χ3v) is 3.59. The van der Waals surface area contributed by atoms with Crippen LogP contribution in [0.1, 0.15) is 19.8 Å². The maximum atomic E-state index is 11.5. The molecule has 0 amide bonds. The number of carbonyl (C=O) groups is 2. The van der Waals surface area contributed by atoms with Gasteiger partial charge in [0.25, 0.3) is 0 Å². The van der Waals surface area contributed by atoms with Crippen LogP contribution in [-0.2, 0) is 14.3 Å². The topological polar surface area (TPSA) is 63.6 Å². The minimum Gasteiger partial charge on any atom is -0.478 e. The van der Waals surface area contributed by atoms with Crippen LogP contribution < -0.4 is 0 Å². The van der Waals surface area contributed by atoms with E-state index in [0.717, 1.165) is 12.8 Å². The lowest BCUT2D eigenvalue weighted by Crippen LogP contribution is -2.22. The zero-order valence-electron chi connectivity index (χ0n) is 8.82. The van der Waals surface area contributed by atoms with Crippen molar-refractivity contribution in [2.45, 2.75) is 19.8 Å². The molecule has 2 rings (SSSR count). The molecule has 2 aliphatic rings. The minimum atomic E-state index is -0.963. The van der Waals surface area contributed by atoms with Crippen LogP contribution in [0.4, 0.5) is 0 Å². The van der Waals surface area contributed by atoms with Crippen LogP contribution >= 0.6 is 0 Å². The Kier molecular flexibility index (Phi) is 2.29. The Morgan fingerprint density at radius 1 is 1.33 bits per heavy atom. The average molecular weight is 210 g/mol. The van der Waals surface area contributed by atoms with Gasteiger partial charge >= 0.3 is 11.9 Å². The Hall–Kier alpha value is -1.32. The van der Waals surface area contributed by atoms with E-state index in [4.69, 9.17) is 5.11 Å². The van der Waals surface area contributed by atoms with Crippen LogP contribution in [0, 0.1) is 17.8 Å². The zero-order valence-corrected chi connectivity index (χ0v) is 8.82. The van der Waals surface area contributed by atoms with Gasteiger partial charge in [-0.25, -0.2) is 9.59 Å². The van der Waals surface area contributed by atoms with Crippen molar-refractivity contribution < 1.29 is 19.4 Å². The summed E-state index contributed by atoms with van der Waals surface area (Å²) in [7, 11) is 1.30. The summed E-state index contributed by atoms with van der Waals surface area (Å²) in [5.41, 5.74) is 0.707. The molecule has 4 heteroatoms. The second-order valence-corrected chi connectivity index (χ2v) is 4.38. The van der Waals surface area contributed by atoms with Crippen LogP contribution in [0.2, 0.25) is 0 Å². The van der Waals surface area contributed by atoms with E-state index in [9.17, 15) is 9.59 Å². The Morgan fingerprint density at radius 2 is 2.00 bits per heavy atom. The normalized spacial score (nSPS) is 33.3. The summed E-state index contributed by atoms with van der Waals surface area (Å²) in [4.78, 5) is 22.6. The van der Waals surface area contributed by atoms with E-state index >= 15 is 0 Å². The first-order valence-electron chi connectivity index (χ1n) is 5.12. The number of rotatable bonds is 2. The maximum absolute atomic E-state index is 11.5. The molecule has 3 unspecified atom stereocenters. The molecule has 1 saturated carbocycles. The molecule has 0 aromatic heterocycles. The van der Waals surface area contributed by atoms with Gasteiger partial charge in [0.1, 0.15) is 0 Å². The van der Waals surface area contributed by atoms with Crippen LogP contribution in [0.15, 0.2) is 11.1 Å². The first-order valence-corrected chi connectivity index (χ1v) is 5.12. The molecule has 0 saturated heterocycles. The smallest absolute Gasteiger partial charge is 0.334 e.